The Morgan fingerprint density at radius 2 is 1.55 bits per heavy atom. The molecule has 0 atom stereocenters. The predicted octanol–water partition coefficient (Wildman–Crippen LogP) is 4.13. The average molecular weight is 287 g/mol. The predicted molar refractivity (Wildman–Crippen MR) is 82.9 cm³/mol. The van der Waals surface area contributed by atoms with E-state index >= 15 is 0 Å². The molecule has 0 radical (unpaired) electrons. The molecule has 0 bridgehead atoms. The summed E-state index contributed by atoms with van der Waals surface area (Å²) >= 11 is 1.22. The molecule has 0 unspecified atom stereocenters. The summed E-state index contributed by atoms with van der Waals surface area (Å²) in [6.45, 7) is 7.49. The van der Waals surface area contributed by atoms with E-state index < -0.39 is 0 Å². The van der Waals surface area contributed by atoms with Crippen molar-refractivity contribution in [2.45, 2.75) is 27.7 Å². The molecule has 1 amide bonds. The number of rotatable bonds is 3. The molecule has 0 saturated carbocycles. The first kappa shape index (κ1) is 14.5. The van der Waals surface area contributed by atoms with Crippen molar-refractivity contribution in [2.24, 2.45) is 0 Å². The van der Waals surface area contributed by atoms with Gasteiger partial charge in [0.2, 0.25) is 0 Å². The van der Waals surface area contributed by atoms with Crippen LogP contribution < -0.4 is 5.32 Å². The summed E-state index contributed by atoms with van der Waals surface area (Å²) < 4.78 is 0. The lowest BCUT2D eigenvalue weighted by molar-refractivity contribution is 0.101. The van der Waals surface area contributed by atoms with Gasteiger partial charge < -0.3 is 5.32 Å². The van der Waals surface area contributed by atoms with Gasteiger partial charge in [-0.05, 0) is 51.0 Å². The highest BCUT2D eigenvalue weighted by molar-refractivity contribution is 7.16. The van der Waals surface area contributed by atoms with Gasteiger partial charge in [0.25, 0.3) is 5.91 Å². The molecule has 0 aliphatic carbocycles. The summed E-state index contributed by atoms with van der Waals surface area (Å²) in [5.74, 6) is -0.186. The maximum atomic E-state index is 12.2. The number of hydrogen-bond acceptors (Lipinski definition) is 3. The van der Waals surface area contributed by atoms with Gasteiger partial charge in [0.15, 0.2) is 5.78 Å². The van der Waals surface area contributed by atoms with E-state index in [0.29, 0.717) is 9.75 Å². The van der Waals surface area contributed by atoms with Crippen molar-refractivity contribution in [3.8, 4) is 0 Å². The maximum Gasteiger partial charge on any atom is 0.265 e. The van der Waals surface area contributed by atoms with Crippen LogP contribution in [-0.2, 0) is 0 Å². The van der Waals surface area contributed by atoms with Gasteiger partial charge in [-0.3, -0.25) is 9.59 Å². The number of nitrogens with one attached hydrogen (secondary N) is 1. The smallest absolute Gasteiger partial charge is 0.265 e. The first-order valence-corrected chi connectivity index (χ1v) is 7.20. The van der Waals surface area contributed by atoms with Gasteiger partial charge in [-0.15, -0.1) is 11.3 Å². The lowest BCUT2D eigenvalue weighted by Gasteiger charge is -2.12. The largest absolute Gasteiger partial charge is 0.321 e. The van der Waals surface area contributed by atoms with Crippen LogP contribution in [0.4, 0.5) is 5.69 Å². The molecule has 0 aliphatic rings. The highest BCUT2D eigenvalue weighted by atomic mass is 32.1. The highest BCUT2D eigenvalue weighted by Crippen LogP contribution is 2.24. The Morgan fingerprint density at radius 1 is 1.00 bits per heavy atom. The van der Waals surface area contributed by atoms with Gasteiger partial charge in [0.1, 0.15) is 0 Å². The van der Waals surface area contributed by atoms with E-state index in [-0.39, 0.29) is 11.7 Å². The standard InChI is InChI=1S/C16H17NO2S/c1-9-7-10(2)15(11(3)8-9)17-16(19)14-6-5-13(20-14)12(4)18/h5-8H,1-4H3,(H,17,19). The van der Waals surface area contributed by atoms with Crippen molar-refractivity contribution in [1.82, 2.24) is 0 Å². The second-order valence-corrected chi connectivity index (χ2v) is 6.03. The third kappa shape index (κ3) is 2.96. The average Bonchev–Trinajstić information content (AvgIpc) is 2.83. The summed E-state index contributed by atoms with van der Waals surface area (Å²) in [5.41, 5.74) is 4.10. The Labute approximate surface area is 122 Å². The van der Waals surface area contributed by atoms with E-state index in [2.05, 4.69) is 5.32 Å². The van der Waals surface area contributed by atoms with Crippen LogP contribution in [0.2, 0.25) is 0 Å². The summed E-state index contributed by atoms with van der Waals surface area (Å²) in [6.07, 6.45) is 0. The van der Waals surface area contributed by atoms with E-state index in [0.717, 1.165) is 16.8 Å². The summed E-state index contributed by atoms with van der Waals surface area (Å²) in [4.78, 5) is 24.6. The van der Waals surface area contributed by atoms with Gasteiger partial charge in [-0.2, -0.15) is 0 Å². The number of Topliss-reactive ketones (excluding diaryl/α,β-unsaturated/α-hetero) is 1. The quantitative estimate of drug-likeness (QED) is 0.863. The molecule has 2 aromatic rings. The summed E-state index contributed by atoms with van der Waals surface area (Å²) in [7, 11) is 0. The Morgan fingerprint density at radius 3 is 2.05 bits per heavy atom. The molecule has 0 fully saturated rings. The van der Waals surface area contributed by atoms with E-state index in [1.807, 2.05) is 32.9 Å². The first-order chi connectivity index (χ1) is 9.38. The molecular formula is C16H17NO2S. The lowest BCUT2D eigenvalue weighted by Crippen LogP contribution is -2.12. The normalized spacial score (nSPS) is 10.4. The molecule has 2 rings (SSSR count). The molecule has 104 valence electrons. The van der Waals surface area contributed by atoms with Crippen molar-refractivity contribution >= 4 is 28.7 Å². The zero-order valence-electron chi connectivity index (χ0n) is 12.0. The highest BCUT2D eigenvalue weighted by Gasteiger charge is 2.13. The van der Waals surface area contributed by atoms with Crippen molar-refractivity contribution < 1.29 is 9.59 Å². The Balaban J connectivity index is 2.25. The Hall–Kier alpha value is -1.94. The molecule has 1 N–H and O–H groups in total. The summed E-state index contributed by atoms with van der Waals surface area (Å²) in [5, 5.41) is 2.93. The van der Waals surface area contributed by atoms with E-state index in [4.69, 9.17) is 0 Å². The maximum absolute atomic E-state index is 12.2. The number of carbonyl (C=O) groups is 2. The number of thiophene rings is 1. The second-order valence-electron chi connectivity index (χ2n) is 4.95. The zero-order valence-corrected chi connectivity index (χ0v) is 12.9. The van der Waals surface area contributed by atoms with Crippen LogP contribution in [0.3, 0.4) is 0 Å². The number of carbonyl (C=O) groups excluding carboxylic acids is 2. The lowest BCUT2D eigenvalue weighted by atomic mass is 10.1. The minimum Gasteiger partial charge on any atom is -0.321 e. The van der Waals surface area contributed by atoms with Crippen molar-refractivity contribution in [3.63, 3.8) is 0 Å². The number of anilines is 1. The molecular weight excluding hydrogens is 270 g/mol. The van der Waals surface area contributed by atoms with Crippen LogP contribution in [0.25, 0.3) is 0 Å². The van der Waals surface area contributed by atoms with Crippen molar-refractivity contribution in [1.29, 1.82) is 0 Å². The van der Waals surface area contributed by atoms with Crippen LogP contribution in [0.5, 0.6) is 0 Å². The third-order valence-corrected chi connectivity index (χ3v) is 4.28. The molecule has 0 spiro atoms. The fourth-order valence-corrected chi connectivity index (χ4v) is 3.00. The number of ketones is 1. The minimum atomic E-state index is -0.169. The van der Waals surface area contributed by atoms with Gasteiger partial charge in [0, 0.05) is 5.69 Å². The first-order valence-electron chi connectivity index (χ1n) is 6.38. The molecule has 0 saturated heterocycles. The van der Waals surface area contributed by atoms with E-state index in [1.54, 1.807) is 12.1 Å². The van der Waals surface area contributed by atoms with Crippen LogP contribution in [0, 0.1) is 20.8 Å². The number of benzene rings is 1. The topological polar surface area (TPSA) is 46.2 Å². The summed E-state index contributed by atoms with van der Waals surface area (Å²) in [6, 6.07) is 7.46. The van der Waals surface area contributed by atoms with Crippen molar-refractivity contribution in [2.75, 3.05) is 5.32 Å². The SMILES string of the molecule is CC(=O)c1ccc(C(=O)Nc2c(C)cc(C)cc2C)s1. The monoisotopic (exact) mass is 287 g/mol. The number of hydrogen-bond donors (Lipinski definition) is 1. The van der Waals surface area contributed by atoms with E-state index in [1.165, 1.54) is 23.8 Å². The van der Waals surface area contributed by atoms with Gasteiger partial charge in [-0.1, -0.05) is 17.7 Å². The molecule has 20 heavy (non-hydrogen) atoms. The fraction of sp³-hybridized carbons (Fsp3) is 0.250. The van der Waals surface area contributed by atoms with Crippen LogP contribution in [-0.4, -0.2) is 11.7 Å². The van der Waals surface area contributed by atoms with Gasteiger partial charge >= 0.3 is 0 Å². The number of amides is 1. The minimum absolute atomic E-state index is 0.0169. The molecule has 0 aliphatic heterocycles. The fourth-order valence-electron chi connectivity index (χ4n) is 2.20. The third-order valence-electron chi connectivity index (χ3n) is 3.09. The molecule has 1 aromatic carbocycles. The molecule has 1 heterocycles. The van der Waals surface area contributed by atoms with E-state index in [9.17, 15) is 9.59 Å². The second kappa shape index (κ2) is 5.59. The van der Waals surface area contributed by atoms with Crippen LogP contribution in [0.15, 0.2) is 24.3 Å². The Bertz CT molecular complexity index is 663. The van der Waals surface area contributed by atoms with Crippen molar-refractivity contribution in [3.05, 3.63) is 50.7 Å². The molecule has 1 aromatic heterocycles. The molecule has 3 nitrogen and oxygen atoms in total. The number of aryl methyl sites for hydroxylation is 3. The van der Waals surface area contributed by atoms with Crippen LogP contribution in [0.1, 0.15) is 43.0 Å². The Kier molecular flexibility index (Phi) is 4.04. The van der Waals surface area contributed by atoms with Gasteiger partial charge in [-0.25, -0.2) is 0 Å². The van der Waals surface area contributed by atoms with Gasteiger partial charge in [0.05, 0.1) is 9.75 Å². The van der Waals surface area contributed by atoms with Crippen LogP contribution >= 0.6 is 11.3 Å². The zero-order chi connectivity index (χ0) is 14.9. The molecule has 4 heteroatoms.